The standard InChI is InChI=1S/C28H21BrF3N5O2/c1-15-10-23(20-4-3-5-25(39-2)26(20)34-15)35-19-7-9-22-16(12-19)13-24(36-22)27(38)37-33-14-17-11-18(28(30,31)32)6-8-21(17)29/h3-14,36H,1-2H3,(H,34,35)(H,37,38)/b33-14+. The fraction of sp³-hybridized carbons (Fsp3) is 0.107. The first-order valence-electron chi connectivity index (χ1n) is 11.7. The van der Waals surface area contributed by atoms with Crippen LogP contribution in [0.4, 0.5) is 24.5 Å². The van der Waals surface area contributed by atoms with Crippen LogP contribution in [-0.4, -0.2) is 29.2 Å². The molecule has 0 atom stereocenters. The Balaban J connectivity index is 1.35. The molecular weight excluding hydrogens is 575 g/mol. The third kappa shape index (κ3) is 5.58. The van der Waals surface area contributed by atoms with Crippen molar-refractivity contribution in [3.63, 3.8) is 0 Å². The second-order valence-corrected chi connectivity index (χ2v) is 9.57. The lowest BCUT2D eigenvalue weighted by molar-refractivity contribution is -0.137. The summed E-state index contributed by atoms with van der Waals surface area (Å²) in [5.41, 5.74) is 5.93. The van der Waals surface area contributed by atoms with Gasteiger partial charge in [0.05, 0.1) is 18.9 Å². The van der Waals surface area contributed by atoms with E-state index in [0.29, 0.717) is 10.2 Å². The van der Waals surface area contributed by atoms with Crippen LogP contribution in [0.25, 0.3) is 21.8 Å². The highest BCUT2D eigenvalue weighted by atomic mass is 79.9. The summed E-state index contributed by atoms with van der Waals surface area (Å²) in [4.78, 5) is 20.3. The number of benzene rings is 3. The lowest BCUT2D eigenvalue weighted by atomic mass is 10.1. The van der Waals surface area contributed by atoms with Gasteiger partial charge in [-0.15, -0.1) is 0 Å². The number of hydrogen-bond acceptors (Lipinski definition) is 5. The number of pyridine rings is 1. The van der Waals surface area contributed by atoms with E-state index >= 15 is 0 Å². The Morgan fingerprint density at radius 1 is 1.10 bits per heavy atom. The summed E-state index contributed by atoms with van der Waals surface area (Å²) >= 11 is 3.19. The Morgan fingerprint density at radius 2 is 1.92 bits per heavy atom. The molecule has 0 aliphatic rings. The van der Waals surface area contributed by atoms with Crippen molar-refractivity contribution in [1.29, 1.82) is 0 Å². The number of aromatic amines is 1. The minimum absolute atomic E-state index is 0.175. The van der Waals surface area contributed by atoms with Crippen LogP contribution in [0.1, 0.15) is 27.3 Å². The number of rotatable bonds is 6. The molecule has 0 saturated heterocycles. The normalized spacial score (nSPS) is 11.8. The fourth-order valence-electron chi connectivity index (χ4n) is 4.15. The van der Waals surface area contributed by atoms with E-state index in [4.69, 9.17) is 4.74 Å². The van der Waals surface area contributed by atoms with E-state index in [0.717, 1.165) is 57.2 Å². The molecule has 39 heavy (non-hydrogen) atoms. The zero-order chi connectivity index (χ0) is 27.7. The van der Waals surface area contributed by atoms with Crippen molar-refractivity contribution in [2.24, 2.45) is 5.10 Å². The van der Waals surface area contributed by atoms with Gasteiger partial charge >= 0.3 is 6.18 Å². The molecule has 5 aromatic rings. The molecule has 0 bridgehead atoms. The molecule has 2 heterocycles. The highest BCUT2D eigenvalue weighted by molar-refractivity contribution is 9.10. The number of alkyl halides is 3. The topological polar surface area (TPSA) is 91.4 Å². The smallest absolute Gasteiger partial charge is 0.416 e. The Labute approximate surface area is 229 Å². The van der Waals surface area contributed by atoms with Crippen LogP contribution in [0.15, 0.2) is 76.3 Å². The van der Waals surface area contributed by atoms with Gasteiger partial charge in [-0.05, 0) is 61.5 Å². The van der Waals surface area contributed by atoms with Crippen LogP contribution in [0.3, 0.4) is 0 Å². The van der Waals surface area contributed by atoms with E-state index in [-0.39, 0.29) is 11.3 Å². The second kappa shape index (κ2) is 10.4. The predicted molar refractivity (Wildman–Crippen MR) is 149 cm³/mol. The molecule has 0 saturated carbocycles. The number of nitrogens with one attached hydrogen (secondary N) is 3. The fourth-order valence-corrected chi connectivity index (χ4v) is 4.50. The van der Waals surface area contributed by atoms with Crippen LogP contribution in [0.5, 0.6) is 5.75 Å². The number of nitrogens with zero attached hydrogens (tertiary/aromatic N) is 2. The number of carbonyl (C=O) groups excluding carboxylic acids is 1. The SMILES string of the molecule is COc1cccc2c(Nc3ccc4[nH]c(C(=O)N/N=C/c5cc(C(F)(F)F)ccc5Br)cc4c3)cc(C)nc12. The van der Waals surface area contributed by atoms with Gasteiger partial charge in [-0.25, -0.2) is 10.4 Å². The zero-order valence-corrected chi connectivity index (χ0v) is 22.2. The van der Waals surface area contributed by atoms with Gasteiger partial charge in [0.1, 0.15) is 17.0 Å². The molecule has 0 aliphatic carbocycles. The van der Waals surface area contributed by atoms with Gasteiger partial charge in [-0.2, -0.15) is 18.3 Å². The molecular formula is C28H21BrF3N5O2. The third-order valence-electron chi connectivity index (χ3n) is 5.99. The van der Waals surface area contributed by atoms with E-state index in [2.05, 4.69) is 41.7 Å². The van der Waals surface area contributed by atoms with Crippen molar-refractivity contribution in [2.45, 2.75) is 13.1 Å². The molecule has 198 valence electrons. The summed E-state index contributed by atoms with van der Waals surface area (Å²) in [6.45, 7) is 1.91. The van der Waals surface area contributed by atoms with Gasteiger partial charge in [0.25, 0.3) is 5.91 Å². The number of ether oxygens (including phenoxy) is 1. The molecule has 3 N–H and O–H groups in total. The number of aryl methyl sites for hydroxylation is 1. The van der Waals surface area contributed by atoms with E-state index in [9.17, 15) is 18.0 Å². The molecule has 1 amide bonds. The first kappa shape index (κ1) is 26.2. The average molecular weight is 596 g/mol. The first-order valence-corrected chi connectivity index (χ1v) is 12.5. The minimum atomic E-state index is -4.49. The van der Waals surface area contributed by atoms with E-state index in [1.165, 1.54) is 6.07 Å². The van der Waals surface area contributed by atoms with Gasteiger partial charge < -0.3 is 15.0 Å². The van der Waals surface area contributed by atoms with Crippen LogP contribution in [0, 0.1) is 6.92 Å². The maximum atomic E-state index is 13.0. The number of H-pyrrole nitrogens is 1. The van der Waals surface area contributed by atoms with E-state index in [1.54, 1.807) is 13.2 Å². The first-order chi connectivity index (χ1) is 18.6. The molecule has 5 rings (SSSR count). The molecule has 2 aromatic heterocycles. The summed E-state index contributed by atoms with van der Waals surface area (Å²) in [6.07, 6.45) is -3.33. The molecule has 0 radical (unpaired) electrons. The van der Waals surface area contributed by atoms with Gasteiger partial charge in [-0.1, -0.05) is 28.1 Å². The van der Waals surface area contributed by atoms with Crippen molar-refractivity contribution in [1.82, 2.24) is 15.4 Å². The number of anilines is 2. The van der Waals surface area contributed by atoms with E-state index < -0.39 is 17.6 Å². The number of hydrazone groups is 1. The number of halogens is 4. The average Bonchev–Trinajstić information content (AvgIpc) is 3.32. The van der Waals surface area contributed by atoms with Crippen molar-refractivity contribution < 1.29 is 22.7 Å². The van der Waals surface area contributed by atoms with Crippen molar-refractivity contribution in [3.05, 3.63) is 93.7 Å². The molecule has 0 aliphatic heterocycles. The maximum absolute atomic E-state index is 13.0. The second-order valence-electron chi connectivity index (χ2n) is 8.71. The highest BCUT2D eigenvalue weighted by Crippen LogP contribution is 2.33. The van der Waals surface area contributed by atoms with Gasteiger partial charge in [0.2, 0.25) is 0 Å². The summed E-state index contributed by atoms with van der Waals surface area (Å²) in [7, 11) is 1.61. The molecule has 11 heteroatoms. The van der Waals surface area contributed by atoms with Crippen molar-refractivity contribution in [2.75, 3.05) is 12.4 Å². The Bertz CT molecular complexity index is 1750. The molecule has 0 spiro atoms. The number of hydrogen-bond donors (Lipinski definition) is 3. The van der Waals surface area contributed by atoms with Gasteiger partial charge in [0.15, 0.2) is 0 Å². The lowest BCUT2D eigenvalue weighted by Gasteiger charge is -2.13. The molecule has 7 nitrogen and oxygen atoms in total. The zero-order valence-electron chi connectivity index (χ0n) is 20.7. The summed E-state index contributed by atoms with van der Waals surface area (Å²) in [5.74, 6) is 0.141. The third-order valence-corrected chi connectivity index (χ3v) is 6.71. The summed E-state index contributed by atoms with van der Waals surface area (Å²) in [6, 6.07) is 18.1. The van der Waals surface area contributed by atoms with Crippen LogP contribution in [0.2, 0.25) is 0 Å². The van der Waals surface area contributed by atoms with Crippen LogP contribution in [-0.2, 0) is 6.18 Å². The Kier molecular flexibility index (Phi) is 7.00. The largest absolute Gasteiger partial charge is 0.494 e. The Morgan fingerprint density at radius 3 is 2.69 bits per heavy atom. The van der Waals surface area contributed by atoms with Gasteiger partial charge in [-0.3, -0.25) is 4.79 Å². The van der Waals surface area contributed by atoms with E-state index in [1.807, 2.05) is 49.4 Å². The van der Waals surface area contributed by atoms with Crippen LogP contribution < -0.4 is 15.5 Å². The quantitative estimate of drug-likeness (QED) is 0.142. The van der Waals surface area contributed by atoms with Crippen molar-refractivity contribution in [3.8, 4) is 5.75 Å². The number of amides is 1. The molecule has 0 fully saturated rings. The summed E-state index contributed by atoms with van der Waals surface area (Å²) in [5, 5.41) is 8.93. The predicted octanol–water partition coefficient (Wildman–Crippen LogP) is 7.32. The maximum Gasteiger partial charge on any atom is 0.416 e. The van der Waals surface area contributed by atoms with Crippen LogP contribution >= 0.6 is 15.9 Å². The van der Waals surface area contributed by atoms with Gasteiger partial charge in [0, 0.05) is 43.4 Å². The lowest BCUT2D eigenvalue weighted by Crippen LogP contribution is -2.18. The number of methoxy groups -OCH3 is 1. The number of para-hydroxylation sites is 1. The summed E-state index contributed by atoms with van der Waals surface area (Å²) < 4.78 is 44.9. The highest BCUT2D eigenvalue weighted by Gasteiger charge is 2.30. The van der Waals surface area contributed by atoms with Crippen molar-refractivity contribution >= 4 is 61.2 Å². The number of aromatic nitrogens is 2. The molecule has 0 unspecified atom stereocenters. The Hall–Kier alpha value is -4.38. The molecule has 3 aromatic carbocycles. The minimum Gasteiger partial charge on any atom is -0.494 e. The monoisotopic (exact) mass is 595 g/mol. The number of carbonyl (C=O) groups is 1. The number of fused-ring (bicyclic) bond motifs is 2.